The lowest BCUT2D eigenvalue weighted by molar-refractivity contribution is 0.0152. The van der Waals surface area contributed by atoms with Crippen LogP contribution < -0.4 is 0 Å². The number of likely N-dealkylation sites (tertiary alicyclic amines) is 1. The maximum atomic E-state index is 12.3. The fraction of sp³-hybridized carbons (Fsp3) is 0.533. The Morgan fingerprint density at radius 2 is 2.15 bits per heavy atom. The van der Waals surface area contributed by atoms with Gasteiger partial charge in [-0.25, -0.2) is 4.79 Å². The van der Waals surface area contributed by atoms with Crippen LogP contribution in [0.5, 0.6) is 0 Å². The first-order valence-electron chi connectivity index (χ1n) is 6.71. The zero-order chi connectivity index (χ0) is 14.9. The summed E-state index contributed by atoms with van der Waals surface area (Å²) in [6, 6.07) is 7.32. The van der Waals surface area contributed by atoms with Crippen molar-refractivity contribution in [3.8, 4) is 0 Å². The van der Waals surface area contributed by atoms with Crippen LogP contribution in [0.3, 0.4) is 0 Å². The molecule has 1 aliphatic heterocycles. The molecule has 110 valence electrons. The van der Waals surface area contributed by atoms with Gasteiger partial charge in [0.05, 0.1) is 12.1 Å². The van der Waals surface area contributed by atoms with Crippen LogP contribution in [0.1, 0.15) is 38.8 Å². The predicted octanol–water partition coefficient (Wildman–Crippen LogP) is 3.49. The number of rotatable bonds is 1. The van der Waals surface area contributed by atoms with Gasteiger partial charge < -0.3 is 9.84 Å². The molecular formula is C15H20BrNO3. The number of nitrogens with zero attached hydrogens (tertiary/aromatic N) is 1. The van der Waals surface area contributed by atoms with E-state index in [1.807, 2.05) is 45.0 Å². The summed E-state index contributed by atoms with van der Waals surface area (Å²) >= 11 is 3.42. The highest BCUT2D eigenvalue weighted by molar-refractivity contribution is 9.10. The number of benzene rings is 1. The lowest BCUT2D eigenvalue weighted by atomic mass is 10.0. The molecule has 1 aromatic rings. The molecule has 20 heavy (non-hydrogen) atoms. The number of halogens is 1. The number of carbonyl (C=O) groups excluding carboxylic acids is 1. The highest BCUT2D eigenvalue weighted by Gasteiger charge is 2.39. The maximum Gasteiger partial charge on any atom is 0.410 e. The largest absolute Gasteiger partial charge is 0.444 e. The van der Waals surface area contributed by atoms with Crippen molar-refractivity contribution >= 4 is 22.0 Å². The molecule has 0 aliphatic carbocycles. The second-order valence-corrected chi connectivity index (χ2v) is 6.95. The quantitative estimate of drug-likeness (QED) is 0.850. The minimum atomic E-state index is -0.559. The van der Waals surface area contributed by atoms with Crippen molar-refractivity contribution in [1.29, 1.82) is 0 Å². The molecule has 1 N–H and O–H groups in total. The number of ether oxygens (including phenoxy) is 1. The molecule has 0 saturated carbocycles. The lowest BCUT2D eigenvalue weighted by Gasteiger charge is -2.29. The molecule has 1 heterocycles. The molecule has 2 rings (SSSR count). The van der Waals surface area contributed by atoms with Gasteiger partial charge in [0.15, 0.2) is 0 Å². The minimum Gasteiger partial charge on any atom is -0.444 e. The molecule has 4 nitrogen and oxygen atoms in total. The molecule has 0 aromatic heterocycles. The van der Waals surface area contributed by atoms with Gasteiger partial charge in [-0.1, -0.05) is 28.1 Å². The second kappa shape index (κ2) is 5.74. The van der Waals surface area contributed by atoms with E-state index in [0.717, 1.165) is 10.0 Å². The number of hydrogen-bond donors (Lipinski definition) is 1. The maximum absolute atomic E-state index is 12.3. The Hall–Kier alpha value is -1.07. The van der Waals surface area contributed by atoms with Gasteiger partial charge in [0, 0.05) is 11.0 Å². The molecule has 0 bridgehead atoms. The van der Waals surface area contributed by atoms with E-state index in [1.54, 1.807) is 4.90 Å². The third kappa shape index (κ3) is 3.52. The molecule has 1 amide bonds. The standard InChI is InChI=1S/C15H20BrNO3/c1-15(2,3)20-14(19)17-8-7-12(18)13(17)10-5-4-6-11(16)9-10/h4-6,9,12-13,18H,7-8H2,1-3H3. The van der Waals surface area contributed by atoms with E-state index in [9.17, 15) is 9.90 Å². The number of aliphatic hydroxyl groups is 1. The topological polar surface area (TPSA) is 49.8 Å². The van der Waals surface area contributed by atoms with E-state index in [-0.39, 0.29) is 12.1 Å². The third-order valence-electron chi connectivity index (χ3n) is 3.18. The van der Waals surface area contributed by atoms with Crippen LogP contribution in [0.15, 0.2) is 28.7 Å². The number of carbonyl (C=O) groups is 1. The molecule has 0 spiro atoms. The van der Waals surface area contributed by atoms with Crippen LogP contribution in [-0.2, 0) is 4.74 Å². The summed E-state index contributed by atoms with van der Waals surface area (Å²) in [5.74, 6) is 0. The Kier molecular flexibility index (Phi) is 4.39. The smallest absolute Gasteiger partial charge is 0.410 e. The second-order valence-electron chi connectivity index (χ2n) is 6.03. The number of amides is 1. The van der Waals surface area contributed by atoms with Crippen LogP contribution in [0.25, 0.3) is 0 Å². The zero-order valence-electron chi connectivity index (χ0n) is 12.0. The predicted molar refractivity (Wildman–Crippen MR) is 80.4 cm³/mol. The summed E-state index contributed by atoms with van der Waals surface area (Å²) in [4.78, 5) is 13.9. The van der Waals surface area contributed by atoms with Crippen molar-refractivity contribution < 1.29 is 14.6 Å². The van der Waals surface area contributed by atoms with Gasteiger partial charge in [0.1, 0.15) is 5.60 Å². The Morgan fingerprint density at radius 1 is 1.45 bits per heavy atom. The molecule has 2 unspecified atom stereocenters. The van der Waals surface area contributed by atoms with Crippen molar-refractivity contribution in [3.05, 3.63) is 34.3 Å². The van der Waals surface area contributed by atoms with E-state index >= 15 is 0 Å². The average Bonchev–Trinajstić information content (AvgIpc) is 2.69. The van der Waals surface area contributed by atoms with Gasteiger partial charge in [-0.05, 0) is 44.9 Å². The van der Waals surface area contributed by atoms with Crippen LogP contribution in [-0.4, -0.2) is 34.3 Å². The fourth-order valence-corrected chi connectivity index (χ4v) is 2.81. The van der Waals surface area contributed by atoms with Gasteiger partial charge in [-0.2, -0.15) is 0 Å². The van der Waals surface area contributed by atoms with Gasteiger partial charge in [0.25, 0.3) is 0 Å². The first kappa shape index (κ1) is 15.3. The molecule has 2 atom stereocenters. The van der Waals surface area contributed by atoms with E-state index in [0.29, 0.717) is 13.0 Å². The number of aliphatic hydroxyl groups excluding tert-OH is 1. The molecule has 1 saturated heterocycles. The molecule has 1 aliphatic rings. The lowest BCUT2D eigenvalue weighted by Crippen LogP contribution is -2.38. The third-order valence-corrected chi connectivity index (χ3v) is 3.68. The Bertz CT molecular complexity index is 498. The van der Waals surface area contributed by atoms with Gasteiger partial charge in [-0.15, -0.1) is 0 Å². The summed E-state index contributed by atoms with van der Waals surface area (Å²) < 4.78 is 6.35. The minimum absolute atomic E-state index is 0.345. The van der Waals surface area contributed by atoms with E-state index in [2.05, 4.69) is 15.9 Å². The Labute approximate surface area is 127 Å². The average molecular weight is 342 g/mol. The van der Waals surface area contributed by atoms with E-state index < -0.39 is 11.7 Å². The van der Waals surface area contributed by atoms with Gasteiger partial charge in [-0.3, -0.25) is 4.90 Å². The summed E-state index contributed by atoms with van der Waals surface area (Å²) in [5, 5.41) is 10.2. The van der Waals surface area contributed by atoms with Crippen molar-refractivity contribution in [3.63, 3.8) is 0 Å². The summed E-state index contributed by atoms with van der Waals surface area (Å²) in [6.07, 6.45) is -0.369. The molecule has 5 heteroatoms. The Balaban J connectivity index is 2.23. The van der Waals surface area contributed by atoms with Crippen molar-refractivity contribution in [2.75, 3.05) is 6.54 Å². The van der Waals surface area contributed by atoms with Crippen molar-refractivity contribution in [2.24, 2.45) is 0 Å². The van der Waals surface area contributed by atoms with Crippen LogP contribution in [0.4, 0.5) is 4.79 Å². The zero-order valence-corrected chi connectivity index (χ0v) is 13.6. The molecule has 1 aromatic carbocycles. The van der Waals surface area contributed by atoms with Gasteiger partial charge in [0.2, 0.25) is 0 Å². The number of hydrogen-bond acceptors (Lipinski definition) is 3. The molecular weight excluding hydrogens is 322 g/mol. The van der Waals surface area contributed by atoms with E-state index in [4.69, 9.17) is 4.74 Å². The van der Waals surface area contributed by atoms with E-state index in [1.165, 1.54) is 0 Å². The van der Waals surface area contributed by atoms with Gasteiger partial charge >= 0.3 is 6.09 Å². The normalized spacial score (nSPS) is 22.9. The summed E-state index contributed by atoms with van der Waals surface area (Å²) in [5.41, 5.74) is 0.377. The Morgan fingerprint density at radius 3 is 2.75 bits per heavy atom. The molecule has 1 fully saturated rings. The molecule has 0 radical (unpaired) electrons. The van der Waals surface area contributed by atoms with Crippen LogP contribution >= 0.6 is 15.9 Å². The van der Waals surface area contributed by atoms with Crippen molar-refractivity contribution in [2.45, 2.75) is 44.9 Å². The highest BCUT2D eigenvalue weighted by Crippen LogP contribution is 2.34. The first-order chi connectivity index (χ1) is 9.28. The fourth-order valence-electron chi connectivity index (χ4n) is 2.39. The summed E-state index contributed by atoms with van der Waals surface area (Å²) in [6.45, 7) is 6.02. The SMILES string of the molecule is CC(C)(C)OC(=O)N1CCC(O)C1c1cccc(Br)c1. The highest BCUT2D eigenvalue weighted by atomic mass is 79.9. The van der Waals surface area contributed by atoms with Crippen LogP contribution in [0, 0.1) is 0 Å². The first-order valence-corrected chi connectivity index (χ1v) is 7.50. The van der Waals surface area contributed by atoms with Crippen LogP contribution in [0.2, 0.25) is 0 Å². The van der Waals surface area contributed by atoms with Crippen molar-refractivity contribution in [1.82, 2.24) is 4.90 Å². The monoisotopic (exact) mass is 341 g/mol. The summed E-state index contributed by atoms with van der Waals surface area (Å²) in [7, 11) is 0.